The second-order valence-electron chi connectivity index (χ2n) is 13.7. The predicted molar refractivity (Wildman–Crippen MR) is 182 cm³/mol. The number of hydrogen-bond acceptors (Lipinski definition) is 10. The first kappa shape index (κ1) is 34.0. The molecule has 0 unspecified atom stereocenters. The average Bonchev–Trinajstić information content (AvgIpc) is 3.34. The molecule has 0 saturated carbocycles. The summed E-state index contributed by atoms with van der Waals surface area (Å²) in [6, 6.07) is 6.79. The van der Waals surface area contributed by atoms with Crippen molar-refractivity contribution in [1.82, 2.24) is 9.55 Å². The number of phenolic OH excluding ortho intramolecular Hbond substituents is 1. The van der Waals surface area contributed by atoms with Gasteiger partial charge in [0.25, 0.3) is 5.56 Å². The van der Waals surface area contributed by atoms with E-state index in [1.165, 1.54) is 10.8 Å². The van der Waals surface area contributed by atoms with Crippen LogP contribution in [0.4, 0.5) is 0 Å². The van der Waals surface area contributed by atoms with E-state index < -0.39 is 22.3 Å². The average molecular weight is 667 g/mol. The summed E-state index contributed by atoms with van der Waals surface area (Å²) in [5, 5.41) is 11.0. The molecule has 0 saturated heterocycles. The number of fused-ring (bicyclic) bond motifs is 5. The Balaban J connectivity index is 1.47. The Hall–Kier alpha value is -3.31. The number of cyclic esters (lactones) is 1. The van der Waals surface area contributed by atoms with E-state index >= 15 is 0 Å². The highest BCUT2D eigenvalue weighted by Crippen LogP contribution is 2.48. The van der Waals surface area contributed by atoms with E-state index in [4.69, 9.17) is 14.5 Å². The second-order valence-corrected chi connectivity index (χ2v) is 17.2. The van der Waals surface area contributed by atoms with E-state index in [0.717, 1.165) is 16.5 Å². The van der Waals surface area contributed by atoms with Crippen LogP contribution in [-0.2, 0) is 49.0 Å². The van der Waals surface area contributed by atoms with Crippen molar-refractivity contribution in [3.8, 4) is 17.1 Å². The summed E-state index contributed by atoms with van der Waals surface area (Å²) in [4.78, 5) is 58.3. The molecule has 0 radical (unpaired) electrons. The largest absolute Gasteiger partial charge is 0.508 e. The Labute approximate surface area is 277 Å². The summed E-state index contributed by atoms with van der Waals surface area (Å²) in [5.41, 5.74) is 2.28. The molecule has 46 heavy (non-hydrogen) atoms. The van der Waals surface area contributed by atoms with Gasteiger partial charge in [0.05, 0.1) is 35.4 Å². The smallest absolute Gasteiger partial charge is 0.355 e. The molecular weight excluding hydrogens is 625 g/mol. The summed E-state index contributed by atoms with van der Waals surface area (Å²) >= 11 is 0. The van der Waals surface area contributed by atoms with Crippen molar-refractivity contribution in [2.75, 3.05) is 0 Å². The maximum atomic E-state index is 14.0. The van der Waals surface area contributed by atoms with Crippen LogP contribution in [0, 0.1) is 5.92 Å². The van der Waals surface area contributed by atoms with Crippen molar-refractivity contribution in [1.29, 1.82) is 0 Å². The molecular formula is C35H42N2O7S2. The van der Waals surface area contributed by atoms with E-state index in [2.05, 4.69) is 0 Å². The molecule has 9 nitrogen and oxygen atoms in total. The number of ether oxygens (including phenoxy) is 2. The number of benzene rings is 1. The summed E-state index contributed by atoms with van der Waals surface area (Å²) in [6.07, 6.45) is 1.16. The van der Waals surface area contributed by atoms with Crippen LogP contribution >= 0.6 is 21.6 Å². The van der Waals surface area contributed by atoms with Gasteiger partial charge in [-0.1, -0.05) is 49.3 Å². The van der Waals surface area contributed by atoms with Crippen molar-refractivity contribution in [2.24, 2.45) is 5.92 Å². The van der Waals surface area contributed by atoms with Crippen LogP contribution in [0.15, 0.2) is 29.1 Å². The van der Waals surface area contributed by atoms with Gasteiger partial charge < -0.3 is 19.1 Å². The number of nitrogens with zero attached hydrogens (tertiary/aromatic N) is 2. The number of phenols is 1. The number of aromatic nitrogens is 2. The Morgan fingerprint density at radius 3 is 2.37 bits per heavy atom. The normalized spacial score (nSPS) is 17.5. The Kier molecular flexibility index (Phi) is 9.16. The summed E-state index contributed by atoms with van der Waals surface area (Å²) in [7, 11) is 3.07. The minimum absolute atomic E-state index is 0.00373. The van der Waals surface area contributed by atoms with E-state index in [9.17, 15) is 24.3 Å². The number of Topliss-reactive ketones (excluding diaryl/α,β-unsaturated/α-hetero) is 1. The first-order valence-corrected chi connectivity index (χ1v) is 17.9. The Morgan fingerprint density at radius 2 is 1.74 bits per heavy atom. The van der Waals surface area contributed by atoms with Gasteiger partial charge in [0.15, 0.2) is 0 Å². The molecule has 0 amide bonds. The van der Waals surface area contributed by atoms with Crippen LogP contribution in [0.2, 0.25) is 0 Å². The molecule has 11 heteroatoms. The standard InChI is InChI=1S/C35H42N2O7S2/c1-9-21-22-13-20(38)11-12-26(22)36-30-23(21)17-37-27(30)14-25-24(31(37)41)18-43-32(42)35(25,10-2)44-29(40)16-34(7,8)46-45-33(5,6)15-28(39)19(3)4/h11-14,19,38H,9-10,15-18H2,1-8H3/t35-/m0/s1. The van der Waals surface area contributed by atoms with Gasteiger partial charge in [-0.15, -0.1) is 0 Å². The third-order valence-corrected chi connectivity index (χ3v) is 12.9. The van der Waals surface area contributed by atoms with Crippen molar-refractivity contribution >= 4 is 50.2 Å². The van der Waals surface area contributed by atoms with E-state index in [1.807, 2.05) is 48.5 Å². The van der Waals surface area contributed by atoms with Crippen LogP contribution in [0.3, 0.4) is 0 Å². The zero-order valence-electron chi connectivity index (χ0n) is 27.7. The molecule has 3 aromatic rings. The minimum Gasteiger partial charge on any atom is -0.508 e. The molecule has 2 aliphatic rings. The van der Waals surface area contributed by atoms with E-state index in [0.29, 0.717) is 41.9 Å². The molecule has 0 fully saturated rings. The molecule has 5 rings (SSSR count). The Bertz CT molecular complexity index is 1810. The molecule has 1 atom stereocenters. The predicted octanol–water partition coefficient (Wildman–Crippen LogP) is 6.84. The van der Waals surface area contributed by atoms with Crippen molar-refractivity contribution in [3.05, 3.63) is 56.9 Å². The quantitative estimate of drug-likeness (QED) is 0.134. The summed E-state index contributed by atoms with van der Waals surface area (Å²) < 4.78 is 12.3. The molecule has 0 spiro atoms. The molecule has 1 N–H and O–H groups in total. The molecule has 2 aromatic heterocycles. The monoisotopic (exact) mass is 666 g/mol. The third kappa shape index (κ3) is 6.20. The van der Waals surface area contributed by atoms with Gasteiger partial charge in [0, 0.05) is 38.3 Å². The third-order valence-electron chi connectivity index (χ3n) is 8.71. The number of hydrogen-bond donors (Lipinski definition) is 1. The number of aromatic hydroxyl groups is 1. The highest BCUT2D eigenvalue weighted by molar-refractivity contribution is 8.77. The van der Waals surface area contributed by atoms with Crippen LogP contribution < -0.4 is 5.56 Å². The van der Waals surface area contributed by atoms with Crippen LogP contribution in [0.1, 0.15) is 96.9 Å². The molecule has 2 aliphatic heterocycles. The summed E-state index contributed by atoms with van der Waals surface area (Å²) in [6.45, 7) is 15.5. The lowest BCUT2D eigenvalue weighted by Crippen LogP contribution is -2.48. The summed E-state index contributed by atoms with van der Waals surface area (Å²) in [5.74, 6) is -1.00. The molecule has 1 aromatic carbocycles. The van der Waals surface area contributed by atoms with Crippen LogP contribution in [0.5, 0.6) is 5.75 Å². The van der Waals surface area contributed by atoms with Gasteiger partial charge >= 0.3 is 11.9 Å². The highest BCUT2D eigenvalue weighted by atomic mass is 33.1. The maximum Gasteiger partial charge on any atom is 0.355 e. The number of pyridine rings is 2. The van der Waals surface area contributed by atoms with Gasteiger partial charge in [0.1, 0.15) is 18.1 Å². The molecule has 0 bridgehead atoms. The highest BCUT2D eigenvalue weighted by Gasteiger charge is 2.51. The number of carbonyl (C=O) groups is 3. The number of ketones is 1. The van der Waals surface area contributed by atoms with Gasteiger partial charge in [-0.2, -0.15) is 0 Å². The van der Waals surface area contributed by atoms with Gasteiger partial charge in [-0.05, 0) is 70.4 Å². The Morgan fingerprint density at radius 1 is 1.07 bits per heavy atom. The lowest BCUT2D eigenvalue weighted by Gasteiger charge is -2.36. The molecule has 0 aliphatic carbocycles. The van der Waals surface area contributed by atoms with Crippen molar-refractivity contribution in [2.45, 2.75) is 109 Å². The number of rotatable bonds is 11. The van der Waals surface area contributed by atoms with E-state index in [1.54, 1.807) is 46.6 Å². The second kappa shape index (κ2) is 12.4. The molecule has 4 heterocycles. The lowest BCUT2D eigenvalue weighted by molar-refractivity contribution is -0.189. The first-order chi connectivity index (χ1) is 21.5. The fourth-order valence-corrected chi connectivity index (χ4v) is 8.73. The van der Waals surface area contributed by atoms with Gasteiger partial charge in [0.2, 0.25) is 5.60 Å². The maximum absolute atomic E-state index is 14.0. The van der Waals surface area contributed by atoms with Crippen molar-refractivity contribution in [3.63, 3.8) is 0 Å². The van der Waals surface area contributed by atoms with E-state index in [-0.39, 0.29) is 52.8 Å². The van der Waals surface area contributed by atoms with Crippen LogP contribution in [-0.4, -0.2) is 41.9 Å². The molecule has 246 valence electrons. The van der Waals surface area contributed by atoms with Crippen LogP contribution in [0.25, 0.3) is 22.3 Å². The zero-order chi connectivity index (χ0) is 33.8. The zero-order valence-corrected chi connectivity index (χ0v) is 29.4. The topological polar surface area (TPSA) is 125 Å². The first-order valence-electron chi connectivity index (χ1n) is 15.7. The SMILES string of the molecule is CCc1c2c(nc3ccc(O)cc13)-c1cc3c(c(=O)n1C2)COC(=O)[C@@]3(CC)OC(=O)CC(C)(C)SSC(C)(C)CC(=O)C(C)C. The number of esters is 2. The number of aryl methyl sites for hydroxylation is 1. The van der Waals surface area contributed by atoms with Gasteiger partial charge in [-0.25, -0.2) is 9.78 Å². The van der Waals surface area contributed by atoms with Crippen molar-refractivity contribution < 1.29 is 29.0 Å². The lowest BCUT2D eigenvalue weighted by atomic mass is 9.85. The fraction of sp³-hybridized carbons (Fsp3) is 0.514. The van der Waals surface area contributed by atoms with Gasteiger partial charge in [-0.3, -0.25) is 14.4 Å². The number of carbonyl (C=O) groups excluding carboxylic acids is 3. The fourth-order valence-electron chi connectivity index (χ4n) is 6.20. The minimum atomic E-state index is -1.78.